The lowest BCUT2D eigenvalue weighted by Crippen LogP contribution is -2.25. The second kappa shape index (κ2) is 9.61. The summed E-state index contributed by atoms with van der Waals surface area (Å²) in [5, 5.41) is 7.33. The van der Waals surface area contributed by atoms with Gasteiger partial charge < -0.3 is 10.1 Å². The number of nitrogens with zero attached hydrogens (tertiary/aromatic N) is 2. The van der Waals surface area contributed by atoms with Crippen molar-refractivity contribution in [1.82, 2.24) is 15.1 Å². The van der Waals surface area contributed by atoms with Crippen LogP contribution in [0.3, 0.4) is 0 Å². The monoisotopic (exact) mass is 405 g/mol. The van der Waals surface area contributed by atoms with Gasteiger partial charge in [-0.1, -0.05) is 45.0 Å². The van der Waals surface area contributed by atoms with Gasteiger partial charge in [-0.25, -0.2) is 0 Å². The number of rotatable bonds is 8. The van der Waals surface area contributed by atoms with Gasteiger partial charge in [0.1, 0.15) is 12.4 Å². The quantitative estimate of drug-likeness (QED) is 0.543. The lowest BCUT2D eigenvalue weighted by Gasteiger charge is -2.19. The minimum atomic E-state index is -0.0666. The van der Waals surface area contributed by atoms with Gasteiger partial charge in [0.15, 0.2) is 0 Å². The van der Waals surface area contributed by atoms with Crippen LogP contribution in [0.4, 0.5) is 0 Å². The van der Waals surface area contributed by atoms with Gasteiger partial charge in [-0.3, -0.25) is 9.48 Å². The number of nitrogens with one attached hydrogen (secondary N) is 1. The maximum Gasteiger partial charge on any atom is 0.251 e. The van der Waals surface area contributed by atoms with Crippen molar-refractivity contribution in [2.45, 2.75) is 52.7 Å². The Labute approximate surface area is 179 Å². The molecule has 1 heterocycles. The van der Waals surface area contributed by atoms with Crippen molar-refractivity contribution in [2.24, 2.45) is 0 Å². The maximum absolute atomic E-state index is 12.4. The fourth-order valence-electron chi connectivity index (χ4n) is 3.15. The van der Waals surface area contributed by atoms with Crippen molar-refractivity contribution < 1.29 is 9.53 Å². The Bertz CT molecular complexity index is 969. The van der Waals surface area contributed by atoms with Crippen molar-refractivity contribution in [1.29, 1.82) is 0 Å². The van der Waals surface area contributed by atoms with Crippen LogP contribution in [0.5, 0.6) is 5.75 Å². The number of hydrogen-bond acceptors (Lipinski definition) is 3. The Morgan fingerprint density at radius 2 is 1.87 bits per heavy atom. The lowest BCUT2D eigenvalue weighted by atomic mass is 9.87. The van der Waals surface area contributed by atoms with E-state index in [4.69, 9.17) is 4.74 Å². The lowest BCUT2D eigenvalue weighted by molar-refractivity contribution is 0.0952. The highest BCUT2D eigenvalue weighted by molar-refractivity contribution is 5.94. The summed E-state index contributed by atoms with van der Waals surface area (Å²) in [5.41, 5.74) is 4.01. The molecule has 0 spiro atoms. The molecule has 0 saturated heterocycles. The summed E-state index contributed by atoms with van der Waals surface area (Å²) in [6, 6.07) is 17.8. The van der Waals surface area contributed by atoms with Crippen LogP contribution in [0.2, 0.25) is 0 Å². The van der Waals surface area contributed by atoms with Gasteiger partial charge in [0.25, 0.3) is 5.91 Å². The number of benzene rings is 2. The van der Waals surface area contributed by atoms with Crippen LogP contribution in [0.15, 0.2) is 60.8 Å². The van der Waals surface area contributed by atoms with E-state index in [9.17, 15) is 4.79 Å². The molecule has 5 heteroatoms. The Morgan fingerprint density at radius 3 is 2.53 bits per heavy atom. The molecule has 3 rings (SSSR count). The zero-order chi connectivity index (χ0) is 21.6. The number of carbonyl (C=O) groups is 1. The van der Waals surface area contributed by atoms with Crippen LogP contribution in [-0.2, 0) is 18.6 Å². The standard InChI is InChI=1S/C25H31N3O2/c1-19-13-16-28(27-19)15-6-14-26-24(29)21-8-5-7-20(17-21)18-30-23-11-9-22(10-12-23)25(2,3)4/h5,7-13,16-17H,6,14-15,18H2,1-4H3,(H,26,29). The fraction of sp³-hybridized carbons (Fsp3) is 0.360. The second-order valence-corrected chi connectivity index (χ2v) is 8.59. The van der Waals surface area contributed by atoms with Gasteiger partial charge in [-0.15, -0.1) is 0 Å². The van der Waals surface area contributed by atoms with Gasteiger partial charge >= 0.3 is 0 Å². The third kappa shape index (κ3) is 6.21. The Kier molecular flexibility index (Phi) is 6.93. The fourth-order valence-corrected chi connectivity index (χ4v) is 3.15. The van der Waals surface area contributed by atoms with Crippen LogP contribution >= 0.6 is 0 Å². The molecule has 0 radical (unpaired) electrons. The van der Waals surface area contributed by atoms with Crippen molar-refractivity contribution in [3.05, 3.63) is 83.2 Å². The van der Waals surface area contributed by atoms with Crippen molar-refractivity contribution in [3.63, 3.8) is 0 Å². The summed E-state index contributed by atoms with van der Waals surface area (Å²) >= 11 is 0. The van der Waals surface area contributed by atoms with E-state index in [2.05, 4.69) is 43.3 Å². The molecule has 0 saturated carbocycles. The van der Waals surface area contributed by atoms with E-state index < -0.39 is 0 Å². The first-order chi connectivity index (χ1) is 14.3. The molecule has 1 amide bonds. The third-order valence-corrected chi connectivity index (χ3v) is 4.94. The van der Waals surface area contributed by atoms with Crippen molar-refractivity contribution in [2.75, 3.05) is 6.54 Å². The number of aromatic nitrogens is 2. The normalized spacial score (nSPS) is 11.3. The average molecular weight is 406 g/mol. The Hall–Kier alpha value is -3.08. The molecule has 0 aliphatic rings. The highest BCUT2D eigenvalue weighted by atomic mass is 16.5. The van der Waals surface area contributed by atoms with E-state index in [0.29, 0.717) is 18.7 Å². The molecule has 5 nitrogen and oxygen atoms in total. The summed E-state index contributed by atoms with van der Waals surface area (Å²) in [5.74, 6) is 0.759. The summed E-state index contributed by atoms with van der Waals surface area (Å²) in [4.78, 5) is 12.4. The molecule has 1 N–H and O–H groups in total. The van der Waals surface area contributed by atoms with Crippen LogP contribution in [0.1, 0.15) is 54.4 Å². The molecule has 0 atom stereocenters. The summed E-state index contributed by atoms with van der Waals surface area (Å²) in [6.07, 6.45) is 2.79. The molecular formula is C25H31N3O2. The first-order valence-electron chi connectivity index (χ1n) is 10.4. The molecule has 30 heavy (non-hydrogen) atoms. The molecule has 3 aromatic rings. The minimum absolute atomic E-state index is 0.0666. The summed E-state index contributed by atoms with van der Waals surface area (Å²) < 4.78 is 7.80. The SMILES string of the molecule is Cc1ccn(CCCNC(=O)c2cccc(COc3ccc(C(C)(C)C)cc3)c2)n1. The number of carbonyl (C=O) groups excluding carboxylic acids is 1. The van der Waals surface area contributed by atoms with Gasteiger partial charge in [0.05, 0.1) is 5.69 Å². The van der Waals surface area contributed by atoms with Crippen LogP contribution in [-0.4, -0.2) is 22.2 Å². The van der Waals surface area contributed by atoms with E-state index >= 15 is 0 Å². The predicted molar refractivity (Wildman–Crippen MR) is 120 cm³/mol. The molecule has 158 valence electrons. The molecule has 0 fully saturated rings. The number of ether oxygens (including phenoxy) is 1. The largest absolute Gasteiger partial charge is 0.489 e. The zero-order valence-electron chi connectivity index (χ0n) is 18.3. The van der Waals surface area contributed by atoms with E-state index in [1.54, 1.807) is 0 Å². The molecule has 0 unspecified atom stereocenters. The Balaban J connectivity index is 1.48. The third-order valence-electron chi connectivity index (χ3n) is 4.94. The predicted octanol–water partition coefficient (Wildman–Crippen LogP) is 4.89. The average Bonchev–Trinajstić information content (AvgIpc) is 3.14. The topological polar surface area (TPSA) is 56.2 Å². The molecule has 0 bridgehead atoms. The van der Waals surface area contributed by atoms with E-state index in [1.165, 1.54) is 5.56 Å². The van der Waals surface area contributed by atoms with Gasteiger partial charge in [0.2, 0.25) is 0 Å². The first-order valence-corrected chi connectivity index (χ1v) is 10.4. The second-order valence-electron chi connectivity index (χ2n) is 8.59. The Morgan fingerprint density at radius 1 is 1.10 bits per heavy atom. The molecule has 1 aromatic heterocycles. The smallest absolute Gasteiger partial charge is 0.251 e. The van der Waals surface area contributed by atoms with Crippen molar-refractivity contribution in [3.8, 4) is 5.75 Å². The number of hydrogen-bond donors (Lipinski definition) is 1. The van der Waals surface area contributed by atoms with Crippen LogP contribution in [0, 0.1) is 6.92 Å². The molecule has 0 aliphatic heterocycles. The van der Waals surface area contributed by atoms with E-state index in [-0.39, 0.29) is 11.3 Å². The summed E-state index contributed by atoms with van der Waals surface area (Å²) in [7, 11) is 0. The van der Waals surface area contributed by atoms with Crippen molar-refractivity contribution >= 4 is 5.91 Å². The van der Waals surface area contributed by atoms with Gasteiger partial charge in [0, 0.05) is 24.8 Å². The first kappa shape index (κ1) is 21.6. The highest BCUT2D eigenvalue weighted by Crippen LogP contribution is 2.24. The summed E-state index contributed by atoms with van der Waals surface area (Å²) in [6.45, 7) is 10.4. The number of amides is 1. The zero-order valence-corrected chi connectivity index (χ0v) is 18.3. The maximum atomic E-state index is 12.4. The highest BCUT2D eigenvalue weighted by Gasteiger charge is 2.13. The van der Waals surface area contributed by atoms with Crippen LogP contribution in [0.25, 0.3) is 0 Å². The number of aryl methyl sites for hydroxylation is 2. The molecular weight excluding hydrogens is 374 g/mol. The van der Waals surface area contributed by atoms with E-state index in [1.807, 2.05) is 60.3 Å². The van der Waals surface area contributed by atoms with Crippen LogP contribution < -0.4 is 10.1 Å². The molecule has 2 aromatic carbocycles. The van der Waals surface area contributed by atoms with Gasteiger partial charge in [-0.05, 0) is 60.2 Å². The van der Waals surface area contributed by atoms with Gasteiger partial charge in [-0.2, -0.15) is 5.10 Å². The van der Waals surface area contributed by atoms with E-state index in [0.717, 1.165) is 30.0 Å². The molecule has 0 aliphatic carbocycles. The minimum Gasteiger partial charge on any atom is -0.489 e.